The van der Waals surface area contributed by atoms with Crippen LogP contribution in [-0.4, -0.2) is 11.6 Å². The van der Waals surface area contributed by atoms with Crippen molar-refractivity contribution in [3.63, 3.8) is 0 Å². The minimum atomic E-state index is 0.107. The summed E-state index contributed by atoms with van der Waals surface area (Å²) in [5.41, 5.74) is 2.93. The predicted molar refractivity (Wildman–Crippen MR) is 72.0 cm³/mol. The molecule has 2 heterocycles. The number of nitrogens with zero attached hydrogens (tertiary/aromatic N) is 2. The maximum absolute atomic E-state index is 8.74. The molecule has 1 aliphatic heterocycles. The van der Waals surface area contributed by atoms with Crippen LogP contribution in [0.2, 0.25) is 0 Å². The summed E-state index contributed by atoms with van der Waals surface area (Å²) in [6.45, 7) is 2.66. The van der Waals surface area contributed by atoms with E-state index in [9.17, 15) is 0 Å². The number of nitriles is 1. The fourth-order valence-electron chi connectivity index (χ4n) is 2.18. The summed E-state index contributed by atoms with van der Waals surface area (Å²) in [5, 5.41) is 12.1. The van der Waals surface area contributed by atoms with E-state index in [2.05, 4.69) is 29.4 Å². The summed E-state index contributed by atoms with van der Waals surface area (Å²) in [4.78, 5) is 4.22. The highest BCUT2D eigenvalue weighted by molar-refractivity contribution is 5.48. The molecule has 3 rings (SSSR count). The lowest BCUT2D eigenvalue weighted by molar-refractivity contribution is 0.339. The average molecular weight is 251 g/mol. The Hall–Kier alpha value is -2.54. The van der Waals surface area contributed by atoms with Gasteiger partial charge in [0.1, 0.15) is 24.2 Å². The van der Waals surface area contributed by atoms with Gasteiger partial charge in [0.25, 0.3) is 0 Å². The third-order valence-electron chi connectivity index (χ3n) is 3.16. The number of hydrogen-bond acceptors (Lipinski definition) is 4. The minimum absolute atomic E-state index is 0.107. The molecule has 4 nitrogen and oxygen atoms in total. The molecule has 1 aromatic carbocycles. The van der Waals surface area contributed by atoms with Crippen molar-refractivity contribution in [2.45, 2.75) is 13.0 Å². The van der Waals surface area contributed by atoms with Crippen LogP contribution in [0.1, 0.15) is 22.7 Å². The summed E-state index contributed by atoms with van der Waals surface area (Å²) >= 11 is 0. The van der Waals surface area contributed by atoms with Crippen molar-refractivity contribution in [1.82, 2.24) is 4.98 Å². The van der Waals surface area contributed by atoms with Gasteiger partial charge in [-0.3, -0.25) is 0 Å². The summed E-state index contributed by atoms with van der Waals surface area (Å²) in [6.07, 6.45) is 1.56. The number of nitrogens with one attached hydrogen (secondary N) is 1. The van der Waals surface area contributed by atoms with Gasteiger partial charge in [-0.05, 0) is 25.1 Å². The number of aromatic nitrogens is 1. The largest absolute Gasteiger partial charge is 0.491 e. The molecule has 94 valence electrons. The van der Waals surface area contributed by atoms with Crippen LogP contribution in [0.15, 0.2) is 36.5 Å². The Balaban J connectivity index is 1.82. The van der Waals surface area contributed by atoms with Crippen LogP contribution in [-0.2, 0) is 0 Å². The van der Waals surface area contributed by atoms with Gasteiger partial charge >= 0.3 is 0 Å². The lowest BCUT2D eigenvalue weighted by Gasteiger charge is -2.12. The fraction of sp³-hybridized carbons (Fsp3) is 0.200. The SMILES string of the molecule is Cc1ccc2c(c1)C(Nc1ccc(C#N)cn1)CO2. The van der Waals surface area contributed by atoms with Crippen LogP contribution in [0.25, 0.3) is 0 Å². The first-order valence-electron chi connectivity index (χ1n) is 6.12. The summed E-state index contributed by atoms with van der Waals surface area (Å²) in [6, 6.07) is 11.9. The quantitative estimate of drug-likeness (QED) is 0.891. The number of pyridine rings is 1. The highest BCUT2D eigenvalue weighted by atomic mass is 16.5. The van der Waals surface area contributed by atoms with E-state index in [0.717, 1.165) is 17.1 Å². The van der Waals surface area contributed by atoms with E-state index in [-0.39, 0.29) is 6.04 Å². The zero-order chi connectivity index (χ0) is 13.2. The molecule has 1 aliphatic rings. The second kappa shape index (κ2) is 4.62. The second-order valence-electron chi connectivity index (χ2n) is 4.59. The molecule has 0 spiro atoms. The van der Waals surface area contributed by atoms with Gasteiger partial charge in [-0.15, -0.1) is 0 Å². The van der Waals surface area contributed by atoms with Crippen molar-refractivity contribution in [3.8, 4) is 11.8 Å². The Morgan fingerprint density at radius 2 is 2.26 bits per heavy atom. The molecule has 0 saturated heterocycles. The van der Waals surface area contributed by atoms with E-state index in [1.165, 1.54) is 5.56 Å². The van der Waals surface area contributed by atoms with Crippen molar-refractivity contribution < 1.29 is 4.74 Å². The number of fused-ring (bicyclic) bond motifs is 1. The smallest absolute Gasteiger partial charge is 0.126 e. The van der Waals surface area contributed by atoms with Crippen molar-refractivity contribution >= 4 is 5.82 Å². The zero-order valence-corrected chi connectivity index (χ0v) is 10.6. The van der Waals surface area contributed by atoms with Crippen LogP contribution in [0, 0.1) is 18.3 Å². The number of anilines is 1. The summed E-state index contributed by atoms with van der Waals surface area (Å²) in [5.74, 6) is 1.68. The van der Waals surface area contributed by atoms with E-state index < -0.39 is 0 Å². The van der Waals surface area contributed by atoms with Gasteiger partial charge in [0.2, 0.25) is 0 Å². The molecular weight excluding hydrogens is 238 g/mol. The van der Waals surface area contributed by atoms with Gasteiger partial charge in [0.15, 0.2) is 0 Å². The number of hydrogen-bond donors (Lipinski definition) is 1. The van der Waals surface area contributed by atoms with Crippen LogP contribution in [0.5, 0.6) is 5.75 Å². The topological polar surface area (TPSA) is 57.9 Å². The Bertz CT molecular complexity index is 643. The Kier molecular flexibility index (Phi) is 2.81. The van der Waals surface area contributed by atoms with Crippen LogP contribution in [0.4, 0.5) is 5.82 Å². The van der Waals surface area contributed by atoms with Gasteiger partial charge in [0.05, 0.1) is 11.6 Å². The monoisotopic (exact) mass is 251 g/mol. The lowest BCUT2D eigenvalue weighted by Crippen LogP contribution is -2.12. The minimum Gasteiger partial charge on any atom is -0.491 e. The van der Waals surface area contributed by atoms with Crippen molar-refractivity contribution in [2.75, 3.05) is 11.9 Å². The van der Waals surface area contributed by atoms with E-state index in [1.54, 1.807) is 12.3 Å². The van der Waals surface area contributed by atoms with Crippen molar-refractivity contribution in [3.05, 3.63) is 53.2 Å². The van der Waals surface area contributed by atoms with E-state index in [1.807, 2.05) is 18.2 Å². The second-order valence-corrected chi connectivity index (χ2v) is 4.59. The van der Waals surface area contributed by atoms with Crippen molar-refractivity contribution in [1.29, 1.82) is 5.26 Å². The van der Waals surface area contributed by atoms with E-state index in [0.29, 0.717) is 12.2 Å². The van der Waals surface area contributed by atoms with Crippen LogP contribution >= 0.6 is 0 Å². The summed E-state index contributed by atoms with van der Waals surface area (Å²) < 4.78 is 5.64. The maximum atomic E-state index is 8.74. The summed E-state index contributed by atoms with van der Waals surface area (Å²) in [7, 11) is 0. The predicted octanol–water partition coefficient (Wildman–Crippen LogP) is 2.81. The Morgan fingerprint density at radius 3 is 3.00 bits per heavy atom. The third-order valence-corrected chi connectivity index (χ3v) is 3.16. The standard InChI is InChI=1S/C15H13N3O/c1-10-2-4-14-12(6-10)13(9-19-14)18-15-5-3-11(7-16)8-17-15/h2-6,8,13H,9H2,1H3,(H,17,18). The fourth-order valence-corrected chi connectivity index (χ4v) is 2.18. The number of ether oxygens (including phenoxy) is 1. The molecule has 0 bridgehead atoms. The van der Waals surface area contributed by atoms with Gasteiger partial charge in [-0.25, -0.2) is 4.98 Å². The van der Waals surface area contributed by atoms with E-state index >= 15 is 0 Å². The van der Waals surface area contributed by atoms with Gasteiger partial charge in [-0.2, -0.15) is 5.26 Å². The third kappa shape index (κ3) is 2.23. The van der Waals surface area contributed by atoms with Crippen LogP contribution < -0.4 is 10.1 Å². The molecule has 0 amide bonds. The first-order valence-corrected chi connectivity index (χ1v) is 6.12. The van der Waals surface area contributed by atoms with E-state index in [4.69, 9.17) is 10.00 Å². The van der Waals surface area contributed by atoms with Gasteiger partial charge in [0, 0.05) is 11.8 Å². The molecule has 1 N–H and O–H groups in total. The van der Waals surface area contributed by atoms with Crippen LogP contribution in [0.3, 0.4) is 0 Å². The number of benzene rings is 1. The molecule has 19 heavy (non-hydrogen) atoms. The molecule has 2 aromatic rings. The highest BCUT2D eigenvalue weighted by Gasteiger charge is 2.24. The van der Waals surface area contributed by atoms with Crippen molar-refractivity contribution in [2.24, 2.45) is 0 Å². The first-order chi connectivity index (χ1) is 9.26. The van der Waals surface area contributed by atoms with Gasteiger partial charge in [-0.1, -0.05) is 17.7 Å². The molecule has 1 atom stereocenters. The molecule has 0 fully saturated rings. The molecule has 1 unspecified atom stereocenters. The molecular formula is C15H13N3O. The lowest BCUT2D eigenvalue weighted by atomic mass is 10.1. The molecule has 4 heteroatoms. The Labute approximate surface area is 111 Å². The van der Waals surface area contributed by atoms with Gasteiger partial charge < -0.3 is 10.1 Å². The average Bonchev–Trinajstić information content (AvgIpc) is 2.82. The molecule has 1 aromatic heterocycles. The highest BCUT2D eigenvalue weighted by Crippen LogP contribution is 2.34. The Morgan fingerprint density at radius 1 is 1.37 bits per heavy atom. The first kappa shape index (κ1) is 11.5. The zero-order valence-electron chi connectivity index (χ0n) is 10.6. The maximum Gasteiger partial charge on any atom is 0.126 e. The number of rotatable bonds is 2. The normalized spacial score (nSPS) is 16.3. The molecule has 0 aliphatic carbocycles. The number of aryl methyl sites for hydroxylation is 1. The molecule has 0 radical (unpaired) electrons. The molecule has 0 saturated carbocycles.